The summed E-state index contributed by atoms with van der Waals surface area (Å²) in [5.74, 6) is 0.704. The number of nitrogens with zero attached hydrogens (tertiary/aromatic N) is 3. The minimum atomic E-state index is 0.0304. The summed E-state index contributed by atoms with van der Waals surface area (Å²) in [5, 5.41) is 14.3. The van der Waals surface area contributed by atoms with Crippen LogP contribution in [0.1, 0.15) is 39.9 Å². The third kappa shape index (κ3) is 4.14. The monoisotopic (exact) mass is 382 g/mol. The zero-order valence-corrected chi connectivity index (χ0v) is 16.7. The highest BCUT2D eigenvalue weighted by Gasteiger charge is 2.11. The molecule has 0 saturated heterocycles. The molecular weight excluding hydrogens is 360 g/mol. The summed E-state index contributed by atoms with van der Waals surface area (Å²) in [6.07, 6.45) is 0.692. The lowest BCUT2D eigenvalue weighted by atomic mass is 10.0. The zero-order chi connectivity index (χ0) is 20.4. The van der Waals surface area contributed by atoms with Crippen molar-refractivity contribution in [2.45, 2.75) is 27.2 Å². The number of carbonyl (C=O) groups excluding carboxylic acids is 1. The van der Waals surface area contributed by atoms with Crippen LogP contribution in [0.4, 0.5) is 11.5 Å². The number of fused-ring (bicyclic) bond motifs is 1. The molecule has 0 radical (unpaired) electrons. The number of hydrogen-bond acceptors (Lipinski definition) is 5. The molecule has 5 nitrogen and oxygen atoms in total. The fraction of sp³-hybridized carbons (Fsp3) is 0.167. The molecule has 2 aromatic heterocycles. The van der Waals surface area contributed by atoms with E-state index in [0.717, 1.165) is 33.5 Å². The van der Waals surface area contributed by atoms with Crippen LogP contribution >= 0.6 is 0 Å². The molecule has 0 atom stereocenters. The number of hydrogen-bond donors (Lipinski definition) is 1. The van der Waals surface area contributed by atoms with Gasteiger partial charge in [0.15, 0.2) is 11.6 Å². The van der Waals surface area contributed by atoms with E-state index < -0.39 is 0 Å². The van der Waals surface area contributed by atoms with Gasteiger partial charge in [-0.15, -0.1) is 5.10 Å². The van der Waals surface area contributed by atoms with Crippen LogP contribution in [0, 0.1) is 13.8 Å². The topological polar surface area (TPSA) is 67.8 Å². The number of benzene rings is 2. The van der Waals surface area contributed by atoms with Gasteiger partial charge < -0.3 is 5.32 Å². The number of Topliss-reactive ketones (excluding diaryl/α,β-unsaturated/α-hetero) is 1. The Balaban J connectivity index is 1.72. The maximum atomic E-state index is 11.7. The molecule has 2 heterocycles. The van der Waals surface area contributed by atoms with Crippen molar-refractivity contribution in [2.24, 2.45) is 0 Å². The molecule has 0 aliphatic heterocycles. The number of nitrogens with one attached hydrogen (secondary N) is 1. The summed E-state index contributed by atoms with van der Waals surface area (Å²) in [6, 6.07) is 19.7. The van der Waals surface area contributed by atoms with Gasteiger partial charge in [-0.1, -0.05) is 36.4 Å². The molecule has 0 aliphatic rings. The first kappa shape index (κ1) is 18.7. The molecule has 1 N–H and O–H groups in total. The maximum absolute atomic E-state index is 11.7. The molecule has 4 aromatic rings. The summed E-state index contributed by atoms with van der Waals surface area (Å²) < 4.78 is 0. The van der Waals surface area contributed by atoms with Crippen LogP contribution in [0.15, 0.2) is 60.7 Å². The highest BCUT2D eigenvalue weighted by molar-refractivity contribution is 5.97. The summed E-state index contributed by atoms with van der Waals surface area (Å²) in [4.78, 5) is 16.1. The van der Waals surface area contributed by atoms with Crippen molar-refractivity contribution in [3.05, 3.63) is 88.9 Å². The van der Waals surface area contributed by atoms with E-state index in [9.17, 15) is 4.79 Å². The number of pyridine rings is 1. The van der Waals surface area contributed by atoms with Gasteiger partial charge in [-0.3, -0.25) is 9.78 Å². The Hall–Kier alpha value is -3.60. The molecule has 0 aliphatic carbocycles. The largest absolute Gasteiger partial charge is 0.338 e. The van der Waals surface area contributed by atoms with E-state index in [1.54, 1.807) is 13.0 Å². The van der Waals surface area contributed by atoms with E-state index in [4.69, 9.17) is 0 Å². The van der Waals surface area contributed by atoms with Gasteiger partial charge in [0, 0.05) is 39.8 Å². The van der Waals surface area contributed by atoms with Crippen molar-refractivity contribution >= 4 is 28.1 Å². The molecule has 5 heteroatoms. The van der Waals surface area contributed by atoms with Crippen LogP contribution in [0.5, 0.6) is 0 Å². The lowest BCUT2D eigenvalue weighted by Gasteiger charge is -2.12. The van der Waals surface area contributed by atoms with Crippen LogP contribution in [-0.4, -0.2) is 21.0 Å². The van der Waals surface area contributed by atoms with Crippen molar-refractivity contribution in [1.29, 1.82) is 0 Å². The van der Waals surface area contributed by atoms with Crippen molar-refractivity contribution < 1.29 is 4.79 Å². The Morgan fingerprint density at radius 3 is 2.34 bits per heavy atom. The van der Waals surface area contributed by atoms with Gasteiger partial charge in [0.05, 0.1) is 5.69 Å². The van der Waals surface area contributed by atoms with Crippen LogP contribution in [0.25, 0.3) is 10.8 Å². The third-order valence-electron chi connectivity index (χ3n) is 4.81. The average Bonchev–Trinajstić information content (AvgIpc) is 2.69. The van der Waals surface area contributed by atoms with Crippen molar-refractivity contribution in [1.82, 2.24) is 15.2 Å². The van der Waals surface area contributed by atoms with Crippen molar-refractivity contribution in [3.8, 4) is 0 Å². The molecule has 4 rings (SSSR count). The normalized spacial score (nSPS) is 10.9. The Bertz CT molecular complexity index is 1200. The molecule has 0 bridgehead atoms. The summed E-state index contributed by atoms with van der Waals surface area (Å²) in [5.41, 5.74) is 5.57. The van der Waals surface area contributed by atoms with Gasteiger partial charge in [-0.25, -0.2) is 0 Å². The van der Waals surface area contributed by atoms with E-state index in [-0.39, 0.29) is 5.78 Å². The molecule has 0 unspecified atom stereocenters. The number of carbonyl (C=O) groups is 1. The number of aryl methyl sites for hydroxylation is 2. The first-order chi connectivity index (χ1) is 14.0. The van der Waals surface area contributed by atoms with Crippen LogP contribution < -0.4 is 5.32 Å². The zero-order valence-electron chi connectivity index (χ0n) is 16.7. The number of rotatable bonds is 5. The van der Waals surface area contributed by atoms with Gasteiger partial charge in [0.2, 0.25) is 0 Å². The van der Waals surface area contributed by atoms with Gasteiger partial charge in [0.1, 0.15) is 0 Å². The van der Waals surface area contributed by atoms with Crippen LogP contribution in [-0.2, 0) is 6.42 Å². The summed E-state index contributed by atoms with van der Waals surface area (Å²) in [6.45, 7) is 5.57. The summed E-state index contributed by atoms with van der Waals surface area (Å²) in [7, 11) is 0. The van der Waals surface area contributed by atoms with E-state index >= 15 is 0 Å². The van der Waals surface area contributed by atoms with Crippen LogP contribution in [0.3, 0.4) is 0 Å². The Labute approximate surface area is 169 Å². The number of anilines is 2. The van der Waals surface area contributed by atoms with Gasteiger partial charge in [0.25, 0.3) is 0 Å². The van der Waals surface area contributed by atoms with Gasteiger partial charge in [-0.05, 0) is 50.6 Å². The first-order valence-corrected chi connectivity index (χ1v) is 9.56. The van der Waals surface area contributed by atoms with Crippen molar-refractivity contribution in [2.75, 3.05) is 5.32 Å². The minimum Gasteiger partial charge on any atom is -0.338 e. The van der Waals surface area contributed by atoms with E-state index in [0.29, 0.717) is 17.8 Å². The Morgan fingerprint density at radius 1 is 0.897 bits per heavy atom. The fourth-order valence-corrected chi connectivity index (χ4v) is 3.55. The standard InChI is InChI=1S/C24H22N4O/c1-15-11-18(12-16(2)25-15)13-23-21-9-4-5-10-22(21)24(28-27-23)26-20-8-6-7-19(14-20)17(3)29/h4-12,14H,13H2,1-3H3,(H,26,28). The maximum Gasteiger partial charge on any atom is 0.160 e. The smallest absolute Gasteiger partial charge is 0.160 e. The number of ketones is 1. The van der Waals surface area contributed by atoms with E-state index in [2.05, 4.69) is 38.7 Å². The predicted molar refractivity (Wildman–Crippen MR) is 116 cm³/mol. The van der Waals surface area contributed by atoms with Crippen molar-refractivity contribution in [3.63, 3.8) is 0 Å². The van der Waals surface area contributed by atoms with Gasteiger partial charge in [-0.2, -0.15) is 5.10 Å². The summed E-state index contributed by atoms with van der Waals surface area (Å²) >= 11 is 0. The number of aromatic nitrogens is 3. The molecule has 0 spiro atoms. The second-order valence-corrected chi connectivity index (χ2v) is 7.24. The molecule has 0 fully saturated rings. The molecule has 144 valence electrons. The first-order valence-electron chi connectivity index (χ1n) is 9.56. The predicted octanol–water partition coefficient (Wildman–Crippen LogP) is 5.18. The lowest BCUT2D eigenvalue weighted by Crippen LogP contribution is -2.03. The second kappa shape index (κ2) is 7.80. The molecule has 0 amide bonds. The molecular formula is C24H22N4O. The molecule has 0 saturated carbocycles. The molecule has 29 heavy (non-hydrogen) atoms. The highest BCUT2D eigenvalue weighted by Crippen LogP contribution is 2.27. The Morgan fingerprint density at radius 2 is 1.62 bits per heavy atom. The second-order valence-electron chi connectivity index (χ2n) is 7.24. The van der Waals surface area contributed by atoms with Gasteiger partial charge >= 0.3 is 0 Å². The van der Waals surface area contributed by atoms with Crippen LogP contribution in [0.2, 0.25) is 0 Å². The molecule has 2 aromatic carbocycles. The average molecular weight is 382 g/mol. The minimum absolute atomic E-state index is 0.0304. The van der Waals surface area contributed by atoms with E-state index in [1.165, 1.54) is 5.56 Å². The highest BCUT2D eigenvalue weighted by atomic mass is 16.1. The fourth-order valence-electron chi connectivity index (χ4n) is 3.55. The van der Waals surface area contributed by atoms with E-state index in [1.807, 2.05) is 50.2 Å². The lowest BCUT2D eigenvalue weighted by molar-refractivity contribution is 0.101. The SMILES string of the molecule is CC(=O)c1cccc(Nc2nnc(Cc3cc(C)nc(C)c3)c3ccccc23)c1. The Kier molecular flexibility index (Phi) is 5.04. The quantitative estimate of drug-likeness (QED) is 0.482. The third-order valence-corrected chi connectivity index (χ3v) is 4.81.